The molecule has 1 aliphatic carbocycles. The SMILES string of the molecule is CCC1(C)NC(=O)C2(CCCC2)N(Cc2ccccc2)C1=O. The second kappa shape index (κ2) is 5.41. The number of piperazine rings is 1. The van der Waals surface area contributed by atoms with Crippen LogP contribution in [0, 0.1) is 0 Å². The standard InChI is InChI=1S/C18H24N2O2/c1-3-17(2)16(22)20(13-14-9-5-4-6-10-14)18(15(21)19-17)11-7-8-12-18/h4-6,9-10H,3,7-8,11-13H2,1-2H3,(H,19,21). The Morgan fingerprint density at radius 3 is 2.36 bits per heavy atom. The number of hydrogen-bond donors (Lipinski definition) is 1. The number of carbonyl (C=O) groups excluding carboxylic acids is 2. The van der Waals surface area contributed by atoms with Crippen molar-refractivity contribution in [3.8, 4) is 0 Å². The number of amides is 2. The topological polar surface area (TPSA) is 49.4 Å². The average molecular weight is 300 g/mol. The molecule has 1 spiro atoms. The number of hydrogen-bond acceptors (Lipinski definition) is 2. The van der Waals surface area contributed by atoms with E-state index in [0.29, 0.717) is 13.0 Å². The van der Waals surface area contributed by atoms with Gasteiger partial charge in [0.15, 0.2) is 0 Å². The highest BCUT2D eigenvalue weighted by atomic mass is 16.2. The average Bonchev–Trinajstić information content (AvgIpc) is 3.02. The Kier molecular flexibility index (Phi) is 3.71. The molecule has 2 amide bonds. The Morgan fingerprint density at radius 2 is 1.77 bits per heavy atom. The highest BCUT2D eigenvalue weighted by Crippen LogP contribution is 2.41. The first-order valence-corrected chi connectivity index (χ1v) is 8.20. The van der Waals surface area contributed by atoms with Gasteiger partial charge in [-0.2, -0.15) is 0 Å². The molecular weight excluding hydrogens is 276 g/mol. The van der Waals surface area contributed by atoms with Crippen molar-refractivity contribution in [2.24, 2.45) is 0 Å². The summed E-state index contributed by atoms with van der Waals surface area (Å²) in [5, 5.41) is 3.01. The largest absolute Gasteiger partial charge is 0.340 e. The molecule has 1 aliphatic heterocycles. The van der Waals surface area contributed by atoms with Gasteiger partial charge < -0.3 is 10.2 Å². The summed E-state index contributed by atoms with van der Waals surface area (Å²) in [6.45, 7) is 4.31. The zero-order valence-electron chi connectivity index (χ0n) is 13.4. The Labute approximate surface area is 131 Å². The molecule has 1 unspecified atom stereocenters. The van der Waals surface area contributed by atoms with Crippen LogP contribution in [0.5, 0.6) is 0 Å². The van der Waals surface area contributed by atoms with E-state index >= 15 is 0 Å². The van der Waals surface area contributed by atoms with Crippen molar-refractivity contribution in [1.82, 2.24) is 10.2 Å². The van der Waals surface area contributed by atoms with Gasteiger partial charge >= 0.3 is 0 Å². The van der Waals surface area contributed by atoms with Crippen LogP contribution >= 0.6 is 0 Å². The highest BCUT2D eigenvalue weighted by molar-refractivity contribution is 6.02. The number of nitrogens with one attached hydrogen (secondary N) is 1. The predicted octanol–water partition coefficient (Wildman–Crippen LogP) is 2.63. The molecule has 1 N–H and O–H groups in total. The van der Waals surface area contributed by atoms with Crippen molar-refractivity contribution >= 4 is 11.8 Å². The van der Waals surface area contributed by atoms with Gasteiger partial charge in [-0.1, -0.05) is 50.1 Å². The Bertz CT molecular complexity index is 578. The zero-order valence-corrected chi connectivity index (χ0v) is 13.4. The van der Waals surface area contributed by atoms with Crippen LogP contribution in [0.2, 0.25) is 0 Å². The van der Waals surface area contributed by atoms with Gasteiger partial charge in [-0.15, -0.1) is 0 Å². The molecule has 4 heteroatoms. The number of carbonyl (C=O) groups is 2. The van der Waals surface area contributed by atoms with Gasteiger partial charge in [-0.25, -0.2) is 0 Å². The maximum absolute atomic E-state index is 13.1. The third-order valence-corrected chi connectivity index (χ3v) is 5.37. The first-order valence-electron chi connectivity index (χ1n) is 8.20. The molecule has 0 aromatic heterocycles. The minimum atomic E-state index is -0.778. The van der Waals surface area contributed by atoms with Crippen LogP contribution in [-0.2, 0) is 16.1 Å². The molecule has 2 aliphatic rings. The van der Waals surface area contributed by atoms with Crippen LogP contribution in [0.4, 0.5) is 0 Å². The monoisotopic (exact) mass is 300 g/mol. The third-order valence-electron chi connectivity index (χ3n) is 5.37. The van der Waals surface area contributed by atoms with Crippen molar-refractivity contribution in [2.75, 3.05) is 0 Å². The van der Waals surface area contributed by atoms with Gasteiger partial charge in [0.2, 0.25) is 11.8 Å². The lowest BCUT2D eigenvalue weighted by Gasteiger charge is -2.50. The van der Waals surface area contributed by atoms with E-state index in [1.54, 1.807) is 0 Å². The number of rotatable bonds is 3. The number of nitrogens with zero attached hydrogens (tertiary/aromatic N) is 1. The Balaban J connectivity index is 1.99. The van der Waals surface area contributed by atoms with Gasteiger partial charge in [0.1, 0.15) is 11.1 Å². The summed E-state index contributed by atoms with van der Waals surface area (Å²) < 4.78 is 0. The molecule has 22 heavy (non-hydrogen) atoms. The van der Waals surface area contributed by atoms with E-state index in [2.05, 4.69) is 5.32 Å². The van der Waals surface area contributed by atoms with E-state index in [0.717, 1.165) is 31.2 Å². The highest BCUT2D eigenvalue weighted by Gasteiger charge is 2.56. The summed E-state index contributed by atoms with van der Waals surface area (Å²) in [4.78, 5) is 27.8. The summed E-state index contributed by atoms with van der Waals surface area (Å²) in [5.74, 6) is 0.0882. The van der Waals surface area contributed by atoms with Crippen molar-refractivity contribution in [3.05, 3.63) is 35.9 Å². The van der Waals surface area contributed by atoms with E-state index in [-0.39, 0.29) is 11.8 Å². The number of benzene rings is 1. The zero-order chi connectivity index (χ0) is 15.8. The smallest absolute Gasteiger partial charge is 0.249 e. The van der Waals surface area contributed by atoms with Crippen LogP contribution in [-0.4, -0.2) is 27.8 Å². The minimum absolute atomic E-state index is 0.0323. The van der Waals surface area contributed by atoms with Gasteiger partial charge in [-0.05, 0) is 31.7 Å². The molecule has 118 valence electrons. The molecule has 1 aromatic carbocycles. The fourth-order valence-corrected chi connectivity index (χ4v) is 3.72. The molecule has 1 atom stereocenters. The van der Waals surface area contributed by atoms with E-state index in [4.69, 9.17) is 0 Å². The minimum Gasteiger partial charge on any atom is -0.340 e. The Morgan fingerprint density at radius 1 is 1.14 bits per heavy atom. The fourth-order valence-electron chi connectivity index (χ4n) is 3.72. The second-order valence-electron chi connectivity index (χ2n) is 6.76. The summed E-state index contributed by atoms with van der Waals surface area (Å²) in [6, 6.07) is 9.96. The lowest BCUT2D eigenvalue weighted by Crippen LogP contribution is -2.73. The summed E-state index contributed by atoms with van der Waals surface area (Å²) in [6.07, 6.45) is 4.18. The Hall–Kier alpha value is -1.84. The molecule has 1 aromatic rings. The quantitative estimate of drug-likeness (QED) is 0.933. The maximum Gasteiger partial charge on any atom is 0.249 e. The van der Waals surface area contributed by atoms with E-state index < -0.39 is 11.1 Å². The van der Waals surface area contributed by atoms with Crippen molar-refractivity contribution in [2.45, 2.75) is 63.6 Å². The normalized spacial score (nSPS) is 27.3. The molecule has 1 saturated heterocycles. The molecule has 0 bridgehead atoms. The summed E-state index contributed by atoms with van der Waals surface area (Å²) >= 11 is 0. The maximum atomic E-state index is 13.1. The molecule has 4 nitrogen and oxygen atoms in total. The second-order valence-corrected chi connectivity index (χ2v) is 6.76. The van der Waals surface area contributed by atoms with Crippen LogP contribution in [0.3, 0.4) is 0 Å². The van der Waals surface area contributed by atoms with Gasteiger partial charge in [-0.3, -0.25) is 9.59 Å². The van der Waals surface area contributed by atoms with Crippen molar-refractivity contribution < 1.29 is 9.59 Å². The van der Waals surface area contributed by atoms with E-state index in [1.165, 1.54) is 0 Å². The van der Waals surface area contributed by atoms with Crippen molar-refractivity contribution in [1.29, 1.82) is 0 Å². The van der Waals surface area contributed by atoms with Crippen LogP contribution < -0.4 is 5.32 Å². The molecule has 3 rings (SSSR count). The molecule has 1 heterocycles. The predicted molar refractivity (Wildman–Crippen MR) is 85.0 cm³/mol. The van der Waals surface area contributed by atoms with Crippen LogP contribution in [0.25, 0.3) is 0 Å². The van der Waals surface area contributed by atoms with E-state index in [1.807, 2.05) is 49.1 Å². The molecular formula is C18H24N2O2. The van der Waals surface area contributed by atoms with Crippen LogP contribution in [0.1, 0.15) is 51.5 Å². The third kappa shape index (κ3) is 2.21. The van der Waals surface area contributed by atoms with Gasteiger partial charge in [0, 0.05) is 6.54 Å². The first-order chi connectivity index (χ1) is 10.5. The lowest BCUT2D eigenvalue weighted by atomic mass is 9.83. The summed E-state index contributed by atoms with van der Waals surface area (Å²) in [7, 11) is 0. The lowest BCUT2D eigenvalue weighted by molar-refractivity contribution is -0.163. The molecule has 1 saturated carbocycles. The van der Waals surface area contributed by atoms with E-state index in [9.17, 15) is 9.59 Å². The first kappa shape index (κ1) is 15.1. The van der Waals surface area contributed by atoms with Gasteiger partial charge in [0.25, 0.3) is 0 Å². The fraction of sp³-hybridized carbons (Fsp3) is 0.556. The molecule has 2 fully saturated rings. The molecule has 0 radical (unpaired) electrons. The summed E-state index contributed by atoms with van der Waals surface area (Å²) in [5.41, 5.74) is -0.336. The van der Waals surface area contributed by atoms with Gasteiger partial charge in [0.05, 0.1) is 0 Å². The van der Waals surface area contributed by atoms with Crippen molar-refractivity contribution in [3.63, 3.8) is 0 Å². The van der Waals surface area contributed by atoms with Crippen LogP contribution in [0.15, 0.2) is 30.3 Å².